The summed E-state index contributed by atoms with van der Waals surface area (Å²) in [4.78, 5) is 11.1. The van der Waals surface area contributed by atoms with E-state index >= 15 is 0 Å². The van der Waals surface area contributed by atoms with Crippen molar-refractivity contribution in [3.8, 4) is 0 Å². The van der Waals surface area contributed by atoms with Crippen molar-refractivity contribution in [1.29, 1.82) is 0 Å². The molecule has 18 heavy (non-hydrogen) atoms. The number of esters is 1. The first-order valence-electron chi connectivity index (χ1n) is 5.50. The maximum atomic E-state index is 11.1. The Morgan fingerprint density at radius 2 is 2.00 bits per heavy atom. The molecule has 1 heterocycles. The van der Waals surface area contributed by atoms with E-state index in [2.05, 4.69) is 32.4 Å². The highest BCUT2D eigenvalue weighted by Gasteiger charge is 2.03. The van der Waals surface area contributed by atoms with Crippen LogP contribution in [0.25, 0.3) is 0 Å². The van der Waals surface area contributed by atoms with Gasteiger partial charge in [0.05, 0.1) is 29.8 Å². The molecule has 0 bridgehead atoms. The Bertz CT molecular complexity index is 534. The van der Waals surface area contributed by atoms with E-state index in [1.54, 1.807) is 0 Å². The molecule has 0 unspecified atom stereocenters. The van der Waals surface area contributed by atoms with Gasteiger partial charge < -0.3 is 4.74 Å². The van der Waals surface area contributed by atoms with Crippen LogP contribution in [0.3, 0.4) is 0 Å². The zero-order chi connectivity index (χ0) is 13.0. The predicted molar refractivity (Wildman–Crippen MR) is 76.2 cm³/mol. The van der Waals surface area contributed by atoms with Gasteiger partial charge in [-0.3, -0.25) is 9.48 Å². The summed E-state index contributed by atoms with van der Waals surface area (Å²) in [6.45, 7) is 0.738. The second kappa shape index (κ2) is 5.99. The Kier molecular flexibility index (Phi) is 4.35. The second-order valence-electron chi connectivity index (χ2n) is 3.93. The number of ether oxygens (including phenoxy) is 1. The van der Waals surface area contributed by atoms with Gasteiger partial charge in [-0.05, 0) is 33.7 Å². The van der Waals surface area contributed by atoms with Gasteiger partial charge in [0.25, 0.3) is 0 Å². The van der Waals surface area contributed by atoms with Gasteiger partial charge in [0, 0.05) is 6.20 Å². The fourth-order valence-corrected chi connectivity index (χ4v) is 2.06. The summed E-state index contributed by atoms with van der Waals surface area (Å²) in [5, 5.41) is 4.23. The molecule has 0 atom stereocenters. The van der Waals surface area contributed by atoms with Gasteiger partial charge in [-0.15, -0.1) is 0 Å². The van der Waals surface area contributed by atoms with E-state index in [1.165, 1.54) is 7.11 Å². The van der Waals surface area contributed by atoms with Crippen molar-refractivity contribution in [3.05, 3.63) is 51.4 Å². The van der Waals surface area contributed by atoms with Crippen LogP contribution in [0.2, 0.25) is 0 Å². The number of carbonyl (C=O) groups excluding carboxylic acids is 1. The standard InChI is InChI=1S/C13H13IN2O2/c1-18-13(17)6-10-2-4-11(5-3-10)8-16-9-12(14)7-15-16/h2-5,7,9H,6,8H2,1H3. The van der Waals surface area contributed by atoms with Crippen LogP contribution in [0.4, 0.5) is 0 Å². The minimum Gasteiger partial charge on any atom is -0.469 e. The summed E-state index contributed by atoms with van der Waals surface area (Å²) >= 11 is 2.23. The van der Waals surface area contributed by atoms with Gasteiger partial charge in [-0.25, -0.2) is 0 Å². The van der Waals surface area contributed by atoms with Crippen molar-refractivity contribution in [2.75, 3.05) is 7.11 Å². The molecule has 1 aromatic carbocycles. The Labute approximate surface area is 119 Å². The fraction of sp³-hybridized carbons (Fsp3) is 0.231. The molecule has 0 fully saturated rings. The van der Waals surface area contributed by atoms with E-state index in [-0.39, 0.29) is 5.97 Å². The quantitative estimate of drug-likeness (QED) is 0.624. The number of benzene rings is 1. The molecule has 0 N–H and O–H groups in total. The summed E-state index contributed by atoms with van der Waals surface area (Å²) in [7, 11) is 1.40. The lowest BCUT2D eigenvalue weighted by molar-refractivity contribution is -0.139. The van der Waals surface area contributed by atoms with Gasteiger partial charge >= 0.3 is 5.97 Å². The second-order valence-corrected chi connectivity index (χ2v) is 5.17. The minimum atomic E-state index is -0.218. The number of carbonyl (C=O) groups is 1. The van der Waals surface area contributed by atoms with Crippen LogP contribution >= 0.6 is 22.6 Å². The summed E-state index contributed by atoms with van der Waals surface area (Å²) in [5.41, 5.74) is 2.11. The SMILES string of the molecule is COC(=O)Cc1ccc(Cn2cc(I)cn2)cc1. The van der Waals surface area contributed by atoms with E-state index in [1.807, 2.05) is 41.3 Å². The number of halogens is 1. The van der Waals surface area contributed by atoms with Gasteiger partial charge in [-0.2, -0.15) is 5.10 Å². The van der Waals surface area contributed by atoms with Crippen molar-refractivity contribution < 1.29 is 9.53 Å². The summed E-state index contributed by atoms with van der Waals surface area (Å²) in [5.74, 6) is -0.218. The number of nitrogens with zero attached hydrogens (tertiary/aromatic N) is 2. The van der Waals surface area contributed by atoms with Crippen molar-refractivity contribution in [2.45, 2.75) is 13.0 Å². The topological polar surface area (TPSA) is 44.1 Å². The van der Waals surface area contributed by atoms with Gasteiger partial charge in [-0.1, -0.05) is 24.3 Å². The molecule has 0 spiro atoms. The summed E-state index contributed by atoms with van der Waals surface area (Å²) in [6, 6.07) is 7.90. The molecule has 0 aliphatic carbocycles. The first-order chi connectivity index (χ1) is 8.67. The van der Waals surface area contributed by atoms with E-state index in [0.717, 1.165) is 21.2 Å². The highest BCUT2D eigenvalue weighted by atomic mass is 127. The van der Waals surface area contributed by atoms with Crippen LogP contribution in [0.5, 0.6) is 0 Å². The Morgan fingerprint density at radius 3 is 2.56 bits per heavy atom. The van der Waals surface area contributed by atoms with E-state index in [0.29, 0.717) is 6.42 Å². The molecule has 1 aromatic heterocycles. The third kappa shape index (κ3) is 3.56. The Hall–Kier alpha value is -1.37. The molecule has 2 rings (SSSR count). The number of methoxy groups -OCH3 is 1. The van der Waals surface area contributed by atoms with Crippen LogP contribution in [0.1, 0.15) is 11.1 Å². The summed E-state index contributed by atoms with van der Waals surface area (Å²) in [6.07, 6.45) is 4.13. The maximum Gasteiger partial charge on any atom is 0.309 e. The first-order valence-corrected chi connectivity index (χ1v) is 6.58. The van der Waals surface area contributed by atoms with Crippen molar-refractivity contribution in [2.24, 2.45) is 0 Å². The molecule has 0 amide bonds. The van der Waals surface area contributed by atoms with E-state index in [9.17, 15) is 4.79 Å². The van der Waals surface area contributed by atoms with Crippen LogP contribution in [-0.4, -0.2) is 22.9 Å². The van der Waals surface area contributed by atoms with Crippen LogP contribution in [-0.2, 0) is 22.5 Å². The van der Waals surface area contributed by atoms with Crippen molar-refractivity contribution in [1.82, 2.24) is 9.78 Å². The molecule has 0 aliphatic heterocycles. The number of hydrogen-bond donors (Lipinski definition) is 0. The van der Waals surface area contributed by atoms with Gasteiger partial charge in [0.15, 0.2) is 0 Å². The third-order valence-electron chi connectivity index (χ3n) is 2.55. The predicted octanol–water partition coefficient (Wildman–Crippen LogP) is 2.25. The lowest BCUT2D eigenvalue weighted by Crippen LogP contribution is -2.05. The normalized spacial score (nSPS) is 10.3. The molecule has 5 heteroatoms. The average Bonchev–Trinajstić information content (AvgIpc) is 2.77. The molecular formula is C13H13IN2O2. The zero-order valence-electron chi connectivity index (χ0n) is 9.97. The molecule has 4 nitrogen and oxygen atoms in total. The number of hydrogen-bond acceptors (Lipinski definition) is 3. The monoisotopic (exact) mass is 356 g/mol. The number of aromatic nitrogens is 2. The molecule has 0 saturated heterocycles. The van der Waals surface area contributed by atoms with Crippen LogP contribution < -0.4 is 0 Å². The van der Waals surface area contributed by atoms with Gasteiger partial charge in [0.1, 0.15) is 0 Å². The molecular weight excluding hydrogens is 343 g/mol. The van der Waals surface area contributed by atoms with Crippen molar-refractivity contribution >= 4 is 28.6 Å². The molecule has 0 aliphatic rings. The third-order valence-corrected chi connectivity index (χ3v) is 3.10. The summed E-state index contributed by atoms with van der Waals surface area (Å²) < 4.78 is 7.64. The zero-order valence-corrected chi connectivity index (χ0v) is 12.1. The smallest absolute Gasteiger partial charge is 0.309 e. The lowest BCUT2D eigenvalue weighted by Gasteiger charge is -2.04. The Morgan fingerprint density at radius 1 is 1.33 bits per heavy atom. The van der Waals surface area contributed by atoms with Crippen LogP contribution in [0, 0.1) is 3.57 Å². The largest absolute Gasteiger partial charge is 0.469 e. The molecule has 94 valence electrons. The van der Waals surface area contributed by atoms with Crippen molar-refractivity contribution in [3.63, 3.8) is 0 Å². The highest BCUT2D eigenvalue weighted by Crippen LogP contribution is 2.09. The highest BCUT2D eigenvalue weighted by molar-refractivity contribution is 14.1. The fourth-order valence-electron chi connectivity index (χ4n) is 1.61. The number of rotatable bonds is 4. The maximum absolute atomic E-state index is 11.1. The van der Waals surface area contributed by atoms with E-state index < -0.39 is 0 Å². The minimum absolute atomic E-state index is 0.218. The van der Waals surface area contributed by atoms with Crippen LogP contribution in [0.15, 0.2) is 36.7 Å². The Balaban J connectivity index is 2.01. The molecule has 0 saturated carbocycles. The molecule has 2 aromatic rings. The molecule has 0 radical (unpaired) electrons. The van der Waals surface area contributed by atoms with Gasteiger partial charge in [0.2, 0.25) is 0 Å². The average molecular weight is 356 g/mol. The lowest BCUT2D eigenvalue weighted by atomic mass is 10.1. The first kappa shape index (κ1) is 13.1. The van der Waals surface area contributed by atoms with E-state index in [4.69, 9.17) is 0 Å².